The van der Waals surface area contributed by atoms with Crippen molar-refractivity contribution >= 4 is 0 Å². The summed E-state index contributed by atoms with van der Waals surface area (Å²) in [5, 5.41) is 17.5. The summed E-state index contributed by atoms with van der Waals surface area (Å²) in [5.74, 6) is -0.00228. The topological polar surface area (TPSA) is 50.9 Å². The molecular weight excluding hydrogens is 245 g/mol. The smallest absolute Gasteiger partial charge is 0.123 e. The van der Waals surface area contributed by atoms with Gasteiger partial charge < -0.3 is 5.11 Å². The molecule has 0 bridgehead atoms. The fourth-order valence-electron chi connectivity index (χ4n) is 2.29. The van der Waals surface area contributed by atoms with Crippen molar-refractivity contribution in [1.82, 2.24) is 15.0 Å². The van der Waals surface area contributed by atoms with E-state index >= 15 is 0 Å². The van der Waals surface area contributed by atoms with Gasteiger partial charge in [-0.1, -0.05) is 19.1 Å². The number of aromatic nitrogens is 3. The normalized spacial score (nSPS) is 11.2. The molecule has 1 aromatic heterocycles. The summed E-state index contributed by atoms with van der Waals surface area (Å²) < 4.78 is 14.7. The van der Waals surface area contributed by atoms with Gasteiger partial charge >= 0.3 is 0 Å². The first kappa shape index (κ1) is 13.7. The van der Waals surface area contributed by atoms with Crippen LogP contribution in [0.3, 0.4) is 0 Å². The molecule has 19 heavy (non-hydrogen) atoms. The third-order valence-corrected chi connectivity index (χ3v) is 3.37. The van der Waals surface area contributed by atoms with Crippen molar-refractivity contribution in [2.75, 3.05) is 0 Å². The Morgan fingerprint density at radius 2 is 1.84 bits per heavy atom. The molecule has 1 heterocycles. The summed E-state index contributed by atoms with van der Waals surface area (Å²) in [6.45, 7) is 4.06. The molecule has 2 rings (SSSR count). The predicted octanol–water partition coefficient (Wildman–Crippen LogP) is 2.80. The van der Waals surface area contributed by atoms with Gasteiger partial charge in [-0.3, -0.25) is 0 Å². The molecule has 0 atom stereocenters. The van der Waals surface area contributed by atoms with Gasteiger partial charge in [-0.2, -0.15) is 0 Å². The molecule has 1 N–H and O–H groups in total. The molecule has 1 aromatic carbocycles. The van der Waals surface area contributed by atoms with E-state index in [0.717, 1.165) is 24.2 Å². The molecule has 0 unspecified atom stereocenters. The number of aliphatic hydroxyl groups is 1. The van der Waals surface area contributed by atoms with Gasteiger partial charge in [0.25, 0.3) is 0 Å². The molecule has 0 saturated heterocycles. The van der Waals surface area contributed by atoms with Crippen LogP contribution < -0.4 is 0 Å². The van der Waals surface area contributed by atoms with Crippen molar-refractivity contribution in [2.45, 2.75) is 39.2 Å². The lowest BCUT2D eigenvalue weighted by Crippen LogP contribution is -2.09. The van der Waals surface area contributed by atoms with Crippen LogP contribution in [0.1, 0.15) is 44.0 Å². The summed E-state index contributed by atoms with van der Waals surface area (Å²) in [7, 11) is 0. The first-order valence-corrected chi connectivity index (χ1v) is 6.52. The van der Waals surface area contributed by atoms with E-state index in [1.165, 1.54) is 12.1 Å². The van der Waals surface area contributed by atoms with Crippen molar-refractivity contribution in [3.8, 4) is 5.69 Å². The van der Waals surface area contributed by atoms with Gasteiger partial charge in [-0.15, -0.1) is 5.10 Å². The lowest BCUT2D eigenvalue weighted by atomic mass is 9.97. The Kier molecular flexibility index (Phi) is 4.27. The van der Waals surface area contributed by atoms with Crippen LogP contribution in [0, 0.1) is 5.82 Å². The molecule has 4 nitrogen and oxygen atoms in total. The molecule has 5 heteroatoms. The maximum absolute atomic E-state index is 13.0. The minimum absolute atomic E-state index is 0.132. The second kappa shape index (κ2) is 5.93. The minimum Gasteiger partial charge on any atom is -0.390 e. The highest BCUT2D eigenvalue weighted by Gasteiger charge is 2.20. The number of rotatable bonds is 5. The van der Waals surface area contributed by atoms with Crippen molar-refractivity contribution < 1.29 is 9.50 Å². The average molecular weight is 263 g/mol. The summed E-state index contributed by atoms with van der Waals surface area (Å²) in [5.41, 5.74) is 2.27. The molecular formula is C14H18FN3O. The van der Waals surface area contributed by atoms with Crippen LogP contribution in [0.4, 0.5) is 4.39 Å². The fraction of sp³-hybridized carbons (Fsp3) is 0.429. The summed E-state index contributed by atoms with van der Waals surface area (Å²) in [6.07, 6.45) is 1.89. The Hall–Kier alpha value is -1.75. The number of halogens is 1. The Morgan fingerprint density at radius 3 is 2.37 bits per heavy atom. The van der Waals surface area contributed by atoms with Gasteiger partial charge in [0.2, 0.25) is 0 Å². The first-order valence-electron chi connectivity index (χ1n) is 6.52. The molecule has 0 radical (unpaired) electrons. The third kappa shape index (κ3) is 2.66. The number of aliphatic hydroxyl groups excluding tert-OH is 1. The summed E-state index contributed by atoms with van der Waals surface area (Å²) >= 11 is 0. The van der Waals surface area contributed by atoms with Crippen molar-refractivity contribution in [3.05, 3.63) is 41.5 Å². The van der Waals surface area contributed by atoms with Crippen LogP contribution in [-0.4, -0.2) is 20.1 Å². The Labute approximate surface area is 111 Å². The van der Waals surface area contributed by atoms with E-state index in [1.807, 2.05) is 0 Å². The SMILES string of the molecule is CCC(CC)c1c(CO)nnn1-c1ccc(F)cc1. The maximum atomic E-state index is 13.0. The molecule has 0 amide bonds. The molecule has 0 aliphatic carbocycles. The molecule has 0 aliphatic heterocycles. The highest BCUT2D eigenvalue weighted by molar-refractivity contribution is 5.34. The molecule has 2 aromatic rings. The highest BCUT2D eigenvalue weighted by atomic mass is 19.1. The Balaban J connectivity index is 2.51. The summed E-state index contributed by atoms with van der Waals surface area (Å²) in [4.78, 5) is 0. The van der Waals surface area contributed by atoms with Gasteiger partial charge in [0, 0.05) is 5.92 Å². The zero-order chi connectivity index (χ0) is 13.8. The Bertz CT molecular complexity index is 532. The zero-order valence-electron chi connectivity index (χ0n) is 11.2. The molecule has 0 fully saturated rings. The van der Waals surface area contributed by atoms with E-state index in [9.17, 15) is 9.50 Å². The zero-order valence-corrected chi connectivity index (χ0v) is 11.2. The standard InChI is InChI=1S/C14H18FN3O/c1-3-10(4-2)14-13(9-19)16-17-18(14)12-7-5-11(15)6-8-12/h5-8,10,19H,3-4,9H2,1-2H3. The van der Waals surface area contributed by atoms with Gasteiger partial charge in [-0.25, -0.2) is 9.07 Å². The second-order valence-electron chi connectivity index (χ2n) is 4.48. The molecule has 0 saturated carbocycles. The van der Waals surface area contributed by atoms with Crippen LogP contribution in [0.5, 0.6) is 0 Å². The van der Waals surface area contributed by atoms with E-state index in [0.29, 0.717) is 5.69 Å². The third-order valence-electron chi connectivity index (χ3n) is 3.37. The van der Waals surface area contributed by atoms with Gasteiger partial charge in [0.05, 0.1) is 18.0 Å². The monoisotopic (exact) mass is 263 g/mol. The number of nitrogens with zero attached hydrogens (tertiary/aromatic N) is 3. The highest BCUT2D eigenvalue weighted by Crippen LogP contribution is 2.27. The van der Waals surface area contributed by atoms with E-state index < -0.39 is 0 Å². The van der Waals surface area contributed by atoms with Gasteiger partial charge in [-0.05, 0) is 37.1 Å². The van der Waals surface area contributed by atoms with Crippen LogP contribution in [0.25, 0.3) is 5.69 Å². The van der Waals surface area contributed by atoms with E-state index in [2.05, 4.69) is 24.2 Å². The lowest BCUT2D eigenvalue weighted by molar-refractivity contribution is 0.274. The van der Waals surface area contributed by atoms with E-state index in [-0.39, 0.29) is 18.3 Å². The minimum atomic E-state index is -0.282. The van der Waals surface area contributed by atoms with E-state index in [1.54, 1.807) is 16.8 Å². The Morgan fingerprint density at radius 1 is 1.21 bits per heavy atom. The van der Waals surface area contributed by atoms with Crippen molar-refractivity contribution in [1.29, 1.82) is 0 Å². The molecule has 0 spiro atoms. The average Bonchev–Trinajstić information content (AvgIpc) is 2.85. The quantitative estimate of drug-likeness (QED) is 0.902. The van der Waals surface area contributed by atoms with Gasteiger partial charge in [0.1, 0.15) is 11.5 Å². The number of hydrogen-bond donors (Lipinski definition) is 1. The summed E-state index contributed by atoms with van der Waals surface area (Å²) in [6, 6.07) is 6.12. The number of hydrogen-bond acceptors (Lipinski definition) is 3. The largest absolute Gasteiger partial charge is 0.390 e. The van der Waals surface area contributed by atoms with Crippen LogP contribution >= 0.6 is 0 Å². The van der Waals surface area contributed by atoms with Crippen LogP contribution in [-0.2, 0) is 6.61 Å². The number of benzene rings is 1. The second-order valence-corrected chi connectivity index (χ2v) is 4.48. The predicted molar refractivity (Wildman–Crippen MR) is 70.6 cm³/mol. The maximum Gasteiger partial charge on any atom is 0.123 e. The first-order chi connectivity index (χ1) is 9.21. The van der Waals surface area contributed by atoms with Crippen LogP contribution in [0.2, 0.25) is 0 Å². The van der Waals surface area contributed by atoms with E-state index in [4.69, 9.17) is 0 Å². The fourth-order valence-corrected chi connectivity index (χ4v) is 2.29. The van der Waals surface area contributed by atoms with Crippen molar-refractivity contribution in [3.63, 3.8) is 0 Å². The van der Waals surface area contributed by atoms with Crippen molar-refractivity contribution in [2.24, 2.45) is 0 Å². The van der Waals surface area contributed by atoms with Gasteiger partial charge in [0.15, 0.2) is 0 Å². The van der Waals surface area contributed by atoms with Crippen LogP contribution in [0.15, 0.2) is 24.3 Å². The molecule has 102 valence electrons. The molecule has 0 aliphatic rings. The lowest BCUT2D eigenvalue weighted by Gasteiger charge is -2.15.